The molecule has 1 aromatic rings. The quantitative estimate of drug-likeness (QED) is 0.720. The molecule has 1 aromatic heterocycles. The molecule has 0 spiro atoms. The molecular weight excluding hydrogens is 154 g/mol. The third-order valence-corrected chi connectivity index (χ3v) is 1.87. The lowest BCUT2D eigenvalue weighted by atomic mass is 10.0. The van der Waals surface area contributed by atoms with Crippen LogP contribution in [0.4, 0.5) is 0 Å². The second kappa shape index (κ2) is 3.95. The number of aromatic amines is 1. The van der Waals surface area contributed by atoms with Crippen molar-refractivity contribution in [1.29, 1.82) is 0 Å². The van der Waals surface area contributed by atoms with Gasteiger partial charge in [0.25, 0.3) is 0 Å². The van der Waals surface area contributed by atoms with Crippen LogP contribution < -0.4 is 0 Å². The molecule has 0 saturated heterocycles. The van der Waals surface area contributed by atoms with Gasteiger partial charge in [-0.25, -0.2) is 0 Å². The molecule has 1 unspecified atom stereocenters. The molecular formula is C9H13NO2. The van der Waals surface area contributed by atoms with Crippen molar-refractivity contribution in [3.63, 3.8) is 0 Å². The summed E-state index contributed by atoms with van der Waals surface area (Å²) in [5.41, 5.74) is 0.796. The molecule has 1 rings (SSSR count). The van der Waals surface area contributed by atoms with Gasteiger partial charge in [0, 0.05) is 11.9 Å². The van der Waals surface area contributed by atoms with Crippen molar-refractivity contribution >= 4 is 5.97 Å². The van der Waals surface area contributed by atoms with Crippen LogP contribution in [0, 0.1) is 0 Å². The Kier molecular flexibility index (Phi) is 2.91. The van der Waals surface area contributed by atoms with Gasteiger partial charge in [-0.2, -0.15) is 0 Å². The molecule has 0 radical (unpaired) electrons. The van der Waals surface area contributed by atoms with Crippen molar-refractivity contribution < 1.29 is 9.90 Å². The van der Waals surface area contributed by atoms with Crippen LogP contribution in [-0.4, -0.2) is 16.1 Å². The minimum absolute atomic E-state index is 0.370. The van der Waals surface area contributed by atoms with Crippen molar-refractivity contribution in [3.05, 3.63) is 24.0 Å². The lowest BCUT2D eigenvalue weighted by molar-refractivity contribution is -0.139. The second-order valence-electron chi connectivity index (χ2n) is 2.80. The fourth-order valence-corrected chi connectivity index (χ4v) is 1.26. The van der Waals surface area contributed by atoms with Gasteiger partial charge < -0.3 is 10.1 Å². The van der Waals surface area contributed by atoms with Crippen LogP contribution in [0.5, 0.6) is 0 Å². The van der Waals surface area contributed by atoms with Crippen LogP contribution in [0.3, 0.4) is 0 Å². The van der Waals surface area contributed by atoms with E-state index in [2.05, 4.69) is 4.98 Å². The number of aliphatic carboxylic acids is 1. The zero-order chi connectivity index (χ0) is 8.97. The first-order chi connectivity index (χ1) is 5.75. The van der Waals surface area contributed by atoms with Crippen LogP contribution in [0.1, 0.15) is 31.4 Å². The molecule has 1 atom stereocenters. The molecule has 3 nitrogen and oxygen atoms in total. The van der Waals surface area contributed by atoms with E-state index in [1.54, 1.807) is 6.20 Å². The molecule has 0 saturated carbocycles. The summed E-state index contributed by atoms with van der Waals surface area (Å²) in [7, 11) is 0. The maximum Gasteiger partial charge on any atom is 0.312 e. The molecule has 0 aliphatic rings. The van der Waals surface area contributed by atoms with E-state index in [0.29, 0.717) is 6.42 Å². The number of nitrogens with one attached hydrogen (secondary N) is 1. The second-order valence-corrected chi connectivity index (χ2v) is 2.80. The van der Waals surface area contributed by atoms with Crippen LogP contribution in [-0.2, 0) is 4.79 Å². The lowest BCUT2D eigenvalue weighted by Crippen LogP contribution is -2.11. The summed E-state index contributed by atoms with van der Waals surface area (Å²) >= 11 is 0. The van der Waals surface area contributed by atoms with Crippen LogP contribution in [0.15, 0.2) is 18.3 Å². The highest BCUT2D eigenvalue weighted by molar-refractivity contribution is 5.75. The minimum Gasteiger partial charge on any atom is -0.481 e. The van der Waals surface area contributed by atoms with Gasteiger partial charge in [-0.05, 0) is 18.6 Å². The summed E-state index contributed by atoms with van der Waals surface area (Å²) in [6.07, 6.45) is 3.33. The third kappa shape index (κ3) is 1.87. The van der Waals surface area contributed by atoms with Crippen LogP contribution in [0.25, 0.3) is 0 Å². The molecule has 2 N–H and O–H groups in total. The average molecular weight is 167 g/mol. The Morgan fingerprint density at radius 2 is 2.50 bits per heavy atom. The first kappa shape index (κ1) is 8.84. The predicted molar refractivity (Wildman–Crippen MR) is 46.1 cm³/mol. The van der Waals surface area contributed by atoms with E-state index >= 15 is 0 Å². The molecule has 3 heteroatoms. The SMILES string of the molecule is CCCC(C(=O)O)c1ccc[nH]1. The Morgan fingerprint density at radius 1 is 1.75 bits per heavy atom. The highest BCUT2D eigenvalue weighted by Crippen LogP contribution is 2.19. The molecule has 0 amide bonds. The fourth-order valence-electron chi connectivity index (χ4n) is 1.26. The fraction of sp³-hybridized carbons (Fsp3) is 0.444. The minimum atomic E-state index is -0.751. The lowest BCUT2D eigenvalue weighted by Gasteiger charge is -2.08. The highest BCUT2D eigenvalue weighted by atomic mass is 16.4. The molecule has 0 aromatic carbocycles. The van der Waals surface area contributed by atoms with Crippen molar-refractivity contribution in [3.8, 4) is 0 Å². The number of carboxylic acid groups (broad SMARTS) is 1. The van der Waals surface area contributed by atoms with E-state index in [0.717, 1.165) is 12.1 Å². The van der Waals surface area contributed by atoms with E-state index in [1.807, 2.05) is 19.1 Å². The van der Waals surface area contributed by atoms with Crippen molar-refractivity contribution in [1.82, 2.24) is 4.98 Å². The molecule has 66 valence electrons. The van der Waals surface area contributed by atoms with E-state index in [9.17, 15) is 4.79 Å². The van der Waals surface area contributed by atoms with Gasteiger partial charge in [-0.15, -0.1) is 0 Å². The monoisotopic (exact) mass is 167 g/mol. The molecule has 0 fully saturated rings. The van der Waals surface area contributed by atoms with Gasteiger partial charge >= 0.3 is 5.97 Å². The summed E-state index contributed by atoms with van der Waals surface area (Å²) in [5, 5.41) is 8.86. The maximum absolute atomic E-state index is 10.8. The molecule has 0 aliphatic carbocycles. The van der Waals surface area contributed by atoms with E-state index < -0.39 is 5.97 Å². The topological polar surface area (TPSA) is 53.1 Å². The summed E-state index contributed by atoms with van der Waals surface area (Å²) in [6, 6.07) is 3.63. The van der Waals surface area contributed by atoms with Crippen molar-refractivity contribution in [2.45, 2.75) is 25.7 Å². The Labute approximate surface area is 71.4 Å². The Morgan fingerprint density at radius 3 is 2.92 bits per heavy atom. The number of rotatable bonds is 4. The normalized spacial score (nSPS) is 12.8. The average Bonchev–Trinajstić information content (AvgIpc) is 2.51. The molecule has 1 heterocycles. The first-order valence-electron chi connectivity index (χ1n) is 4.11. The van der Waals surface area contributed by atoms with Gasteiger partial charge in [0.05, 0.1) is 5.92 Å². The Bertz CT molecular complexity index is 241. The largest absolute Gasteiger partial charge is 0.481 e. The van der Waals surface area contributed by atoms with Crippen LogP contribution in [0.2, 0.25) is 0 Å². The van der Waals surface area contributed by atoms with Gasteiger partial charge in [0.2, 0.25) is 0 Å². The van der Waals surface area contributed by atoms with E-state index in [-0.39, 0.29) is 5.92 Å². The van der Waals surface area contributed by atoms with Gasteiger partial charge in [0.15, 0.2) is 0 Å². The number of carboxylic acids is 1. The Hall–Kier alpha value is -1.25. The summed E-state index contributed by atoms with van der Waals surface area (Å²) in [5.74, 6) is -1.12. The predicted octanol–water partition coefficient (Wildman–Crippen LogP) is 1.98. The molecule has 0 bridgehead atoms. The maximum atomic E-state index is 10.8. The van der Waals surface area contributed by atoms with Crippen molar-refractivity contribution in [2.24, 2.45) is 0 Å². The Balaban J connectivity index is 2.73. The number of hydrogen-bond acceptors (Lipinski definition) is 1. The van der Waals surface area contributed by atoms with Gasteiger partial charge in [-0.3, -0.25) is 4.79 Å². The van der Waals surface area contributed by atoms with E-state index in [4.69, 9.17) is 5.11 Å². The van der Waals surface area contributed by atoms with Crippen molar-refractivity contribution in [2.75, 3.05) is 0 Å². The molecule has 12 heavy (non-hydrogen) atoms. The molecule has 0 aliphatic heterocycles. The number of carbonyl (C=O) groups is 1. The number of H-pyrrole nitrogens is 1. The van der Waals surface area contributed by atoms with Crippen LogP contribution >= 0.6 is 0 Å². The number of aromatic nitrogens is 1. The van der Waals surface area contributed by atoms with E-state index in [1.165, 1.54) is 0 Å². The number of hydrogen-bond donors (Lipinski definition) is 2. The summed E-state index contributed by atoms with van der Waals surface area (Å²) in [6.45, 7) is 1.98. The summed E-state index contributed by atoms with van der Waals surface area (Å²) in [4.78, 5) is 13.7. The van der Waals surface area contributed by atoms with Gasteiger partial charge in [-0.1, -0.05) is 13.3 Å². The van der Waals surface area contributed by atoms with Gasteiger partial charge in [0.1, 0.15) is 0 Å². The highest BCUT2D eigenvalue weighted by Gasteiger charge is 2.18. The zero-order valence-electron chi connectivity index (χ0n) is 7.08. The zero-order valence-corrected chi connectivity index (χ0v) is 7.08. The first-order valence-corrected chi connectivity index (χ1v) is 4.11. The third-order valence-electron chi connectivity index (χ3n) is 1.87. The summed E-state index contributed by atoms with van der Waals surface area (Å²) < 4.78 is 0. The smallest absolute Gasteiger partial charge is 0.312 e. The standard InChI is InChI=1S/C9H13NO2/c1-2-4-7(9(11)12)8-5-3-6-10-8/h3,5-7,10H,2,4H2,1H3,(H,11,12).